The molecule has 0 aliphatic carbocycles. The lowest BCUT2D eigenvalue weighted by Crippen LogP contribution is -2.46. The van der Waals surface area contributed by atoms with Gasteiger partial charge in [0.1, 0.15) is 17.1 Å². The van der Waals surface area contributed by atoms with Crippen molar-refractivity contribution in [3.8, 4) is 17.1 Å². The predicted octanol–water partition coefficient (Wildman–Crippen LogP) is 2.51. The predicted molar refractivity (Wildman–Crippen MR) is 101 cm³/mol. The molecule has 0 amide bonds. The van der Waals surface area contributed by atoms with E-state index in [-0.39, 0.29) is 0 Å². The molecule has 4 rings (SSSR count). The van der Waals surface area contributed by atoms with Crippen LogP contribution < -0.4 is 9.64 Å². The van der Waals surface area contributed by atoms with E-state index in [1.807, 2.05) is 24.3 Å². The van der Waals surface area contributed by atoms with E-state index >= 15 is 0 Å². The maximum atomic E-state index is 6.18. The molecule has 0 saturated carbocycles. The zero-order chi connectivity index (χ0) is 18.6. The first kappa shape index (κ1) is 17.7. The van der Waals surface area contributed by atoms with Crippen molar-refractivity contribution in [2.75, 3.05) is 38.2 Å². The second-order valence-corrected chi connectivity index (χ2v) is 6.60. The van der Waals surface area contributed by atoms with Crippen LogP contribution in [0.1, 0.15) is 5.89 Å². The molecule has 3 heterocycles. The summed E-state index contributed by atoms with van der Waals surface area (Å²) in [7, 11) is 1.64. The van der Waals surface area contributed by atoms with Gasteiger partial charge in [-0.25, -0.2) is 9.97 Å². The van der Waals surface area contributed by atoms with Gasteiger partial charge in [-0.3, -0.25) is 4.90 Å². The number of rotatable bonds is 5. The van der Waals surface area contributed by atoms with Gasteiger partial charge < -0.3 is 14.2 Å². The van der Waals surface area contributed by atoms with E-state index < -0.39 is 0 Å². The Morgan fingerprint density at radius 2 is 1.93 bits per heavy atom. The van der Waals surface area contributed by atoms with Crippen molar-refractivity contribution in [3.05, 3.63) is 47.7 Å². The number of anilines is 1. The van der Waals surface area contributed by atoms with Crippen molar-refractivity contribution in [1.29, 1.82) is 0 Å². The van der Waals surface area contributed by atoms with Gasteiger partial charge in [0, 0.05) is 31.7 Å². The van der Waals surface area contributed by atoms with Gasteiger partial charge in [0.2, 0.25) is 11.7 Å². The average Bonchev–Trinajstić information content (AvgIpc) is 3.18. The summed E-state index contributed by atoms with van der Waals surface area (Å²) < 4.78 is 10.6. The Morgan fingerprint density at radius 3 is 2.63 bits per heavy atom. The molecule has 0 atom stereocenters. The molecule has 0 spiro atoms. The van der Waals surface area contributed by atoms with Crippen LogP contribution in [0.15, 0.2) is 41.3 Å². The standard InChI is InChI=1S/C18H19ClN6O2/c1-26-14-4-2-13(3-5-14)17-22-16(27-23-17)11-24-6-8-25(9-7-24)18-15(19)10-20-12-21-18/h2-5,10,12H,6-9,11H2,1H3. The van der Waals surface area contributed by atoms with Crippen molar-refractivity contribution in [2.45, 2.75) is 6.54 Å². The summed E-state index contributed by atoms with van der Waals surface area (Å²) in [6.07, 6.45) is 3.14. The molecule has 1 aromatic carbocycles. The molecule has 1 aliphatic heterocycles. The van der Waals surface area contributed by atoms with Gasteiger partial charge in [0.05, 0.1) is 19.9 Å². The molecule has 0 unspecified atom stereocenters. The lowest BCUT2D eigenvalue weighted by molar-refractivity contribution is 0.215. The number of piperazine rings is 1. The molecular weight excluding hydrogens is 368 g/mol. The van der Waals surface area contributed by atoms with E-state index in [0.29, 0.717) is 23.3 Å². The fourth-order valence-corrected chi connectivity index (χ4v) is 3.25. The highest BCUT2D eigenvalue weighted by atomic mass is 35.5. The summed E-state index contributed by atoms with van der Waals surface area (Å²) in [6, 6.07) is 7.58. The summed E-state index contributed by atoms with van der Waals surface area (Å²) in [5.41, 5.74) is 0.897. The Hall–Kier alpha value is -2.71. The first-order chi connectivity index (χ1) is 13.2. The highest BCUT2D eigenvalue weighted by Gasteiger charge is 2.21. The number of methoxy groups -OCH3 is 1. The molecule has 9 heteroatoms. The molecule has 8 nitrogen and oxygen atoms in total. The monoisotopic (exact) mass is 386 g/mol. The van der Waals surface area contributed by atoms with Gasteiger partial charge >= 0.3 is 0 Å². The molecule has 1 saturated heterocycles. The molecule has 0 bridgehead atoms. The third kappa shape index (κ3) is 4.01. The van der Waals surface area contributed by atoms with Crippen LogP contribution in [0.5, 0.6) is 5.75 Å². The molecule has 0 N–H and O–H groups in total. The average molecular weight is 387 g/mol. The maximum absolute atomic E-state index is 6.18. The molecule has 1 aliphatic rings. The maximum Gasteiger partial charge on any atom is 0.241 e. The quantitative estimate of drug-likeness (QED) is 0.661. The molecule has 27 heavy (non-hydrogen) atoms. The van der Waals surface area contributed by atoms with Crippen molar-refractivity contribution >= 4 is 17.4 Å². The van der Waals surface area contributed by atoms with Gasteiger partial charge in [-0.05, 0) is 24.3 Å². The summed E-state index contributed by atoms with van der Waals surface area (Å²) in [5.74, 6) is 2.77. The van der Waals surface area contributed by atoms with Crippen molar-refractivity contribution in [3.63, 3.8) is 0 Å². The number of nitrogens with zero attached hydrogens (tertiary/aromatic N) is 6. The Kier molecular flexibility index (Phi) is 5.17. The first-order valence-corrected chi connectivity index (χ1v) is 9.00. The number of halogens is 1. The van der Waals surface area contributed by atoms with Crippen LogP contribution in [0, 0.1) is 0 Å². The number of hydrogen-bond donors (Lipinski definition) is 0. The minimum absolute atomic E-state index is 0.576. The van der Waals surface area contributed by atoms with Gasteiger partial charge in [-0.2, -0.15) is 4.98 Å². The summed E-state index contributed by atoms with van der Waals surface area (Å²) in [6.45, 7) is 4.00. The van der Waals surface area contributed by atoms with E-state index in [9.17, 15) is 0 Å². The number of benzene rings is 1. The topological polar surface area (TPSA) is 80.4 Å². The zero-order valence-electron chi connectivity index (χ0n) is 14.9. The van der Waals surface area contributed by atoms with Crippen LogP contribution in [0.4, 0.5) is 5.82 Å². The lowest BCUT2D eigenvalue weighted by atomic mass is 10.2. The summed E-state index contributed by atoms with van der Waals surface area (Å²) in [4.78, 5) is 17.2. The summed E-state index contributed by atoms with van der Waals surface area (Å²) in [5, 5.41) is 4.66. The number of hydrogen-bond acceptors (Lipinski definition) is 8. The van der Waals surface area contributed by atoms with Crippen LogP contribution in [0.25, 0.3) is 11.4 Å². The zero-order valence-corrected chi connectivity index (χ0v) is 15.6. The number of aromatic nitrogens is 4. The number of ether oxygens (including phenoxy) is 1. The fraction of sp³-hybridized carbons (Fsp3) is 0.333. The largest absolute Gasteiger partial charge is 0.497 e. The highest BCUT2D eigenvalue weighted by Crippen LogP contribution is 2.23. The van der Waals surface area contributed by atoms with Crippen molar-refractivity contribution < 1.29 is 9.26 Å². The van der Waals surface area contributed by atoms with Gasteiger partial charge in [0.15, 0.2) is 5.82 Å². The van der Waals surface area contributed by atoms with E-state index in [0.717, 1.165) is 43.3 Å². The van der Waals surface area contributed by atoms with E-state index in [1.165, 1.54) is 6.33 Å². The normalized spacial score (nSPS) is 15.1. The Bertz CT molecular complexity index is 893. The second kappa shape index (κ2) is 7.89. The molecule has 140 valence electrons. The second-order valence-electron chi connectivity index (χ2n) is 6.20. The molecule has 2 aromatic heterocycles. The van der Waals surface area contributed by atoms with Crippen LogP contribution in [-0.2, 0) is 6.54 Å². The third-order valence-electron chi connectivity index (χ3n) is 4.50. The minimum atomic E-state index is 0.576. The molecular formula is C18H19ClN6O2. The van der Waals surface area contributed by atoms with Gasteiger partial charge in [-0.1, -0.05) is 16.8 Å². The van der Waals surface area contributed by atoms with Crippen molar-refractivity contribution in [1.82, 2.24) is 25.0 Å². The summed E-state index contributed by atoms with van der Waals surface area (Å²) >= 11 is 6.18. The van der Waals surface area contributed by atoms with E-state index in [1.54, 1.807) is 13.3 Å². The molecule has 0 radical (unpaired) electrons. The minimum Gasteiger partial charge on any atom is -0.497 e. The van der Waals surface area contributed by atoms with E-state index in [4.69, 9.17) is 20.9 Å². The lowest BCUT2D eigenvalue weighted by Gasteiger charge is -2.34. The fourth-order valence-electron chi connectivity index (χ4n) is 3.02. The Labute approximate surface area is 161 Å². The first-order valence-electron chi connectivity index (χ1n) is 8.63. The molecule has 1 fully saturated rings. The van der Waals surface area contributed by atoms with Gasteiger partial charge in [-0.15, -0.1) is 0 Å². The smallest absolute Gasteiger partial charge is 0.241 e. The van der Waals surface area contributed by atoms with Crippen LogP contribution >= 0.6 is 11.6 Å². The van der Waals surface area contributed by atoms with Crippen LogP contribution in [0.3, 0.4) is 0 Å². The van der Waals surface area contributed by atoms with E-state index in [2.05, 4.69) is 29.9 Å². The van der Waals surface area contributed by atoms with Crippen LogP contribution in [-0.4, -0.2) is 58.3 Å². The highest BCUT2D eigenvalue weighted by molar-refractivity contribution is 6.32. The Morgan fingerprint density at radius 1 is 1.15 bits per heavy atom. The van der Waals surface area contributed by atoms with Crippen LogP contribution in [0.2, 0.25) is 5.02 Å². The van der Waals surface area contributed by atoms with Gasteiger partial charge in [0.25, 0.3) is 0 Å². The Balaban J connectivity index is 1.35. The van der Waals surface area contributed by atoms with Crippen molar-refractivity contribution in [2.24, 2.45) is 0 Å². The third-order valence-corrected chi connectivity index (χ3v) is 4.76. The SMILES string of the molecule is COc1ccc(-c2noc(CN3CCN(c4ncncc4Cl)CC3)n2)cc1. The molecule has 3 aromatic rings.